The number of aryl methyl sites for hydroxylation is 2. The van der Waals surface area contributed by atoms with E-state index < -0.39 is 5.97 Å². The van der Waals surface area contributed by atoms with Gasteiger partial charge in [-0.1, -0.05) is 15.9 Å². The van der Waals surface area contributed by atoms with Gasteiger partial charge in [0, 0.05) is 29.0 Å². The highest BCUT2D eigenvalue weighted by atomic mass is 79.9. The van der Waals surface area contributed by atoms with Crippen molar-refractivity contribution >= 4 is 33.3 Å². The predicted octanol–water partition coefficient (Wildman–Crippen LogP) is 3.21. The number of nitrogens with one attached hydrogen (secondary N) is 1. The van der Waals surface area contributed by atoms with E-state index in [2.05, 4.69) is 21.2 Å². The van der Waals surface area contributed by atoms with Crippen LogP contribution in [0.3, 0.4) is 0 Å². The highest BCUT2D eigenvalue weighted by molar-refractivity contribution is 9.10. The number of pyridine rings is 1. The molecule has 0 atom stereocenters. The van der Waals surface area contributed by atoms with E-state index >= 15 is 0 Å². The van der Waals surface area contributed by atoms with Gasteiger partial charge in [-0.3, -0.25) is 4.79 Å². The van der Waals surface area contributed by atoms with Gasteiger partial charge in [0.1, 0.15) is 0 Å². The minimum Gasteiger partial charge on any atom is -0.478 e. The molecule has 0 aliphatic heterocycles. The second-order valence-corrected chi connectivity index (χ2v) is 5.76. The Labute approximate surface area is 130 Å². The molecule has 0 saturated carbocycles. The summed E-state index contributed by atoms with van der Waals surface area (Å²) in [6, 6.07) is 5.60. The Bertz CT molecular complexity index is 781. The Balaban J connectivity index is 2.60. The van der Waals surface area contributed by atoms with Crippen molar-refractivity contribution in [2.75, 3.05) is 5.32 Å². The molecule has 0 fully saturated rings. The Morgan fingerprint density at radius 1 is 1.33 bits per heavy atom. The van der Waals surface area contributed by atoms with Gasteiger partial charge in [-0.15, -0.1) is 0 Å². The van der Waals surface area contributed by atoms with Crippen molar-refractivity contribution in [3.8, 4) is 0 Å². The van der Waals surface area contributed by atoms with E-state index in [-0.39, 0.29) is 11.1 Å². The van der Waals surface area contributed by atoms with Gasteiger partial charge in [-0.05, 0) is 37.6 Å². The topological polar surface area (TPSA) is 71.3 Å². The van der Waals surface area contributed by atoms with Gasteiger partial charge in [0.05, 0.1) is 11.3 Å². The molecule has 0 spiro atoms. The summed E-state index contributed by atoms with van der Waals surface area (Å²) in [5.74, 6) is -1.08. The number of aromatic nitrogens is 1. The van der Waals surface area contributed by atoms with Gasteiger partial charge >= 0.3 is 5.97 Å². The van der Waals surface area contributed by atoms with E-state index in [9.17, 15) is 14.7 Å². The van der Waals surface area contributed by atoms with Gasteiger partial charge < -0.3 is 15.0 Å². The van der Waals surface area contributed by atoms with Crippen LogP contribution in [0.4, 0.5) is 11.4 Å². The fourth-order valence-corrected chi connectivity index (χ4v) is 2.59. The van der Waals surface area contributed by atoms with E-state index in [1.54, 1.807) is 6.92 Å². The number of carboxylic acids is 1. The quantitative estimate of drug-likeness (QED) is 0.891. The fraction of sp³-hybridized carbons (Fsp3) is 0.200. The third-order valence-electron chi connectivity index (χ3n) is 3.29. The molecule has 110 valence electrons. The molecule has 2 N–H and O–H groups in total. The van der Waals surface area contributed by atoms with Crippen molar-refractivity contribution in [1.29, 1.82) is 0 Å². The van der Waals surface area contributed by atoms with Crippen molar-refractivity contribution in [3.05, 3.63) is 55.9 Å². The summed E-state index contributed by atoms with van der Waals surface area (Å²) in [6.07, 6.45) is 1.33. The zero-order valence-corrected chi connectivity index (χ0v) is 13.5. The van der Waals surface area contributed by atoms with E-state index in [0.29, 0.717) is 11.3 Å². The lowest BCUT2D eigenvalue weighted by Crippen LogP contribution is -2.23. The normalized spacial score (nSPS) is 10.5. The smallest absolute Gasteiger partial charge is 0.339 e. The van der Waals surface area contributed by atoms with E-state index in [0.717, 1.165) is 15.7 Å². The number of nitrogens with zero attached hydrogens (tertiary/aromatic N) is 1. The predicted molar refractivity (Wildman–Crippen MR) is 85.5 cm³/mol. The molecule has 0 saturated heterocycles. The Hall–Kier alpha value is -2.08. The summed E-state index contributed by atoms with van der Waals surface area (Å²) in [7, 11) is 1.54. The second-order valence-electron chi connectivity index (χ2n) is 4.85. The molecule has 2 rings (SSSR count). The molecule has 0 radical (unpaired) electrons. The Kier molecular flexibility index (Phi) is 4.18. The molecule has 21 heavy (non-hydrogen) atoms. The van der Waals surface area contributed by atoms with Crippen LogP contribution in [0.5, 0.6) is 0 Å². The lowest BCUT2D eigenvalue weighted by Gasteiger charge is -2.15. The van der Waals surface area contributed by atoms with Crippen LogP contribution in [0.1, 0.15) is 21.5 Å². The molecule has 1 aromatic heterocycles. The number of anilines is 2. The first-order chi connectivity index (χ1) is 9.81. The van der Waals surface area contributed by atoms with Gasteiger partial charge in [-0.25, -0.2) is 4.79 Å². The monoisotopic (exact) mass is 350 g/mol. The van der Waals surface area contributed by atoms with Crippen LogP contribution in [0.15, 0.2) is 33.7 Å². The van der Waals surface area contributed by atoms with Crippen molar-refractivity contribution in [2.45, 2.75) is 13.8 Å². The van der Waals surface area contributed by atoms with Crippen molar-refractivity contribution in [3.63, 3.8) is 0 Å². The Morgan fingerprint density at radius 2 is 2.00 bits per heavy atom. The van der Waals surface area contributed by atoms with Gasteiger partial charge in [0.2, 0.25) is 0 Å². The SMILES string of the molecule is Cc1cc(Br)ccc1Nc1c(C(=O)O)cn(C)c(=O)c1C. The zero-order valence-electron chi connectivity index (χ0n) is 11.9. The lowest BCUT2D eigenvalue weighted by atomic mass is 10.1. The van der Waals surface area contributed by atoms with Gasteiger partial charge in [0.25, 0.3) is 5.56 Å². The Morgan fingerprint density at radius 3 is 2.57 bits per heavy atom. The third kappa shape index (κ3) is 3.00. The second kappa shape index (κ2) is 5.73. The molecular formula is C15H15BrN2O3. The number of rotatable bonds is 3. The molecular weight excluding hydrogens is 336 g/mol. The van der Waals surface area contributed by atoms with Crippen LogP contribution in [0.2, 0.25) is 0 Å². The maximum Gasteiger partial charge on any atom is 0.339 e. The number of hydrogen-bond donors (Lipinski definition) is 2. The number of benzene rings is 1. The maximum atomic E-state index is 12.0. The summed E-state index contributed by atoms with van der Waals surface area (Å²) >= 11 is 3.38. The summed E-state index contributed by atoms with van der Waals surface area (Å²) in [5.41, 5.74) is 2.25. The third-order valence-corrected chi connectivity index (χ3v) is 3.78. The van der Waals surface area contributed by atoms with E-state index in [1.165, 1.54) is 17.8 Å². The number of carboxylic acid groups (broad SMARTS) is 1. The first kappa shape index (κ1) is 15.3. The summed E-state index contributed by atoms with van der Waals surface area (Å²) in [4.78, 5) is 23.4. The highest BCUT2D eigenvalue weighted by Crippen LogP contribution is 2.27. The molecule has 1 heterocycles. The van der Waals surface area contributed by atoms with Gasteiger partial charge in [-0.2, -0.15) is 0 Å². The van der Waals surface area contributed by atoms with Crippen LogP contribution in [0.25, 0.3) is 0 Å². The van der Waals surface area contributed by atoms with E-state index in [4.69, 9.17) is 0 Å². The summed E-state index contributed by atoms with van der Waals surface area (Å²) in [6.45, 7) is 3.52. The van der Waals surface area contributed by atoms with Crippen molar-refractivity contribution in [2.24, 2.45) is 7.05 Å². The van der Waals surface area contributed by atoms with Crippen LogP contribution < -0.4 is 10.9 Å². The molecule has 0 aliphatic carbocycles. The largest absolute Gasteiger partial charge is 0.478 e. The standard InChI is InChI=1S/C15H15BrN2O3/c1-8-6-10(16)4-5-12(8)17-13-9(2)14(19)18(3)7-11(13)15(20)21/h4-7,17H,1-3H3,(H,20,21). The maximum absolute atomic E-state index is 12.0. The van der Waals surface area contributed by atoms with Crippen LogP contribution in [0, 0.1) is 13.8 Å². The molecule has 6 heteroatoms. The van der Waals surface area contributed by atoms with Crippen LogP contribution in [-0.4, -0.2) is 15.6 Å². The first-order valence-corrected chi connectivity index (χ1v) is 7.07. The lowest BCUT2D eigenvalue weighted by molar-refractivity contribution is 0.0697. The number of aromatic carboxylic acids is 1. The molecule has 2 aromatic rings. The van der Waals surface area contributed by atoms with Gasteiger partial charge in [0.15, 0.2) is 0 Å². The zero-order chi connectivity index (χ0) is 15.7. The summed E-state index contributed by atoms with van der Waals surface area (Å²) < 4.78 is 2.21. The summed E-state index contributed by atoms with van der Waals surface area (Å²) in [5, 5.41) is 12.4. The fourth-order valence-electron chi connectivity index (χ4n) is 2.12. The average Bonchev–Trinajstić information content (AvgIpc) is 2.41. The molecule has 5 nitrogen and oxygen atoms in total. The molecule has 1 aromatic carbocycles. The van der Waals surface area contributed by atoms with Crippen LogP contribution in [-0.2, 0) is 7.05 Å². The molecule has 0 amide bonds. The first-order valence-electron chi connectivity index (χ1n) is 6.28. The number of carbonyl (C=O) groups is 1. The van der Waals surface area contributed by atoms with Crippen molar-refractivity contribution in [1.82, 2.24) is 4.57 Å². The molecule has 0 bridgehead atoms. The molecule has 0 unspecified atom stereocenters. The number of hydrogen-bond acceptors (Lipinski definition) is 3. The molecule has 0 aliphatic rings. The number of halogens is 1. The van der Waals surface area contributed by atoms with E-state index in [1.807, 2.05) is 25.1 Å². The minimum atomic E-state index is -1.08. The van der Waals surface area contributed by atoms with Crippen LogP contribution >= 0.6 is 15.9 Å². The highest BCUT2D eigenvalue weighted by Gasteiger charge is 2.17. The average molecular weight is 351 g/mol. The van der Waals surface area contributed by atoms with Crippen molar-refractivity contribution < 1.29 is 9.90 Å². The minimum absolute atomic E-state index is 0.0666.